The highest BCUT2D eigenvalue weighted by Gasteiger charge is 2.26. The largest absolute Gasteiger partial charge is 0.369 e. The summed E-state index contributed by atoms with van der Waals surface area (Å²) >= 11 is 0. The van der Waals surface area contributed by atoms with Crippen molar-refractivity contribution < 1.29 is 0 Å². The van der Waals surface area contributed by atoms with Gasteiger partial charge < -0.3 is 19.6 Å². The van der Waals surface area contributed by atoms with Crippen molar-refractivity contribution in [1.82, 2.24) is 19.6 Å². The minimum atomic E-state index is 0.630. The van der Waals surface area contributed by atoms with Crippen LogP contribution in [0.4, 0.5) is 11.4 Å². The van der Waals surface area contributed by atoms with E-state index in [-0.39, 0.29) is 0 Å². The van der Waals surface area contributed by atoms with Crippen molar-refractivity contribution in [2.24, 2.45) is 0 Å². The Morgan fingerprint density at radius 3 is 1.41 bits per heavy atom. The molecule has 3 aromatic carbocycles. The summed E-state index contributed by atoms with van der Waals surface area (Å²) in [5, 5.41) is 0. The maximum Gasteiger partial charge on any atom is 0.0367 e. The molecule has 46 heavy (non-hydrogen) atoms. The third-order valence-electron chi connectivity index (χ3n) is 10.2. The van der Waals surface area contributed by atoms with E-state index in [2.05, 4.69) is 165 Å². The van der Waals surface area contributed by atoms with Crippen molar-refractivity contribution in [2.75, 3.05) is 89.8 Å². The summed E-state index contributed by atoms with van der Waals surface area (Å²) in [4.78, 5) is 14.8. The van der Waals surface area contributed by atoms with Crippen LogP contribution in [0.25, 0.3) is 0 Å². The number of likely N-dealkylation sites (N-methyl/N-ethyl adjacent to an activating group) is 3. The van der Waals surface area contributed by atoms with Crippen molar-refractivity contribution in [3.8, 4) is 0 Å². The maximum atomic E-state index is 2.53. The Morgan fingerprint density at radius 1 is 0.500 bits per heavy atom. The zero-order valence-electron chi connectivity index (χ0n) is 30.4. The second-order valence-corrected chi connectivity index (χ2v) is 14.3. The minimum absolute atomic E-state index is 0.630. The summed E-state index contributed by atoms with van der Waals surface area (Å²) in [7, 11) is 6.63. The topological polar surface area (TPSA) is 19.4 Å². The Balaban J connectivity index is 0.000000157. The quantitative estimate of drug-likeness (QED) is 0.332. The van der Waals surface area contributed by atoms with Gasteiger partial charge in [-0.15, -0.1) is 0 Å². The average Bonchev–Trinajstić information content (AvgIpc) is 3.04. The molecule has 3 aliphatic rings. The zero-order chi connectivity index (χ0) is 33.2. The van der Waals surface area contributed by atoms with Gasteiger partial charge in [-0.05, 0) is 92.5 Å². The lowest BCUT2D eigenvalue weighted by atomic mass is 10.1. The van der Waals surface area contributed by atoms with E-state index in [1.807, 2.05) is 0 Å². The third kappa shape index (κ3) is 10.8. The zero-order valence-corrected chi connectivity index (χ0v) is 30.4. The first-order valence-corrected chi connectivity index (χ1v) is 17.5. The van der Waals surface area contributed by atoms with Crippen LogP contribution in [0.15, 0.2) is 72.8 Å². The Kier molecular flexibility index (Phi) is 13.5. The van der Waals surface area contributed by atoms with Gasteiger partial charge in [-0.3, -0.25) is 9.80 Å². The van der Waals surface area contributed by atoms with Gasteiger partial charge in [0.25, 0.3) is 0 Å². The van der Waals surface area contributed by atoms with E-state index >= 15 is 0 Å². The molecule has 0 radical (unpaired) electrons. The lowest BCUT2D eigenvalue weighted by molar-refractivity contribution is 0.148. The molecule has 6 nitrogen and oxygen atoms in total. The molecular weight excluding hydrogens is 564 g/mol. The second-order valence-electron chi connectivity index (χ2n) is 14.3. The second kappa shape index (κ2) is 17.3. The normalized spacial score (nSPS) is 23.3. The van der Waals surface area contributed by atoms with Gasteiger partial charge in [0.15, 0.2) is 0 Å². The number of piperazine rings is 3. The maximum absolute atomic E-state index is 2.53. The number of rotatable bonds is 4. The van der Waals surface area contributed by atoms with Crippen molar-refractivity contribution >= 4 is 11.4 Å². The van der Waals surface area contributed by atoms with Crippen LogP contribution in [0.5, 0.6) is 0 Å². The molecule has 3 unspecified atom stereocenters. The summed E-state index contributed by atoms with van der Waals surface area (Å²) in [6.07, 6.45) is 0. The van der Waals surface area contributed by atoms with Crippen molar-refractivity contribution in [3.63, 3.8) is 0 Å². The fraction of sp³-hybridized carbons (Fsp3) is 0.550. The molecule has 3 aliphatic heterocycles. The molecule has 3 fully saturated rings. The van der Waals surface area contributed by atoms with Gasteiger partial charge in [-0.25, -0.2) is 0 Å². The highest BCUT2D eigenvalue weighted by molar-refractivity contribution is 5.49. The molecular formula is C40H62N6. The molecule has 6 rings (SSSR count). The lowest BCUT2D eigenvalue weighted by Gasteiger charge is -2.43. The molecule has 252 valence electrons. The molecule has 3 aromatic rings. The summed E-state index contributed by atoms with van der Waals surface area (Å²) in [5.41, 5.74) is 8.17. The van der Waals surface area contributed by atoms with Crippen LogP contribution in [0.2, 0.25) is 0 Å². The molecule has 0 N–H and O–H groups in total. The smallest absolute Gasteiger partial charge is 0.0367 e. The monoisotopic (exact) mass is 627 g/mol. The molecule has 6 heteroatoms. The molecule has 3 saturated heterocycles. The number of hydrogen-bond donors (Lipinski definition) is 0. The average molecular weight is 627 g/mol. The molecule has 3 heterocycles. The molecule has 0 spiro atoms. The van der Waals surface area contributed by atoms with E-state index in [0.29, 0.717) is 18.1 Å². The number of benzene rings is 3. The van der Waals surface area contributed by atoms with Crippen LogP contribution >= 0.6 is 0 Å². The Bertz CT molecular complexity index is 1270. The van der Waals surface area contributed by atoms with Gasteiger partial charge in [0.05, 0.1) is 0 Å². The van der Waals surface area contributed by atoms with Crippen molar-refractivity contribution in [1.29, 1.82) is 0 Å². The van der Waals surface area contributed by atoms with Gasteiger partial charge in [-0.1, -0.05) is 65.2 Å². The summed E-state index contributed by atoms with van der Waals surface area (Å²) in [6, 6.07) is 28.5. The van der Waals surface area contributed by atoms with Crippen LogP contribution in [-0.2, 0) is 6.54 Å². The van der Waals surface area contributed by atoms with E-state index in [0.717, 1.165) is 39.3 Å². The Morgan fingerprint density at radius 2 is 0.935 bits per heavy atom. The fourth-order valence-corrected chi connectivity index (χ4v) is 6.37. The van der Waals surface area contributed by atoms with Crippen LogP contribution in [0, 0.1) is 20.8 Å². The third-order valence-corrected chi connectivity index (χ3v) is 10.2. The highest BCUT2D eigenvalue weighted by Crippen LogP contribution is 2.22. The molecule has 0 aliphatic carbocycles. The van der Waals surface area contributed by atoms with E-state index in [9.17, 15) is 0 Å². The van der Waals surface area contributed by atoms with Crippen molar-refractivity contribution in [3.05, 3.63) is 95.1 Å². The standard InChI is InChI=1S/C14H22N2.2C13H20N2/c1-11-5-7-14(8-6-11)16-9-12(2)15(4)13(3)10-16;1-11-4-6-13(7-5-11)15-9-8-14(3)12(2)10-15;1-12-3-5-13(6-4-12)11-15-9-7-14(2)8-10-15/h5-8,12-13H,9-10H2,1-4H3;4-7,12H,8-10H2,1-3H3;3-6H,7-11H2,1-2H3. The van der Waals surface area contributed by atoms with Crippen LogP contribution < -0.4 is 9.80 Å². The molecule has 3 atom stereocenters. The predicted octanol–water partition coefficient (Wildman–Crippen LogP) is 6.40. The van der Waals surface area contributed by atoms with E-state index in [1.165, 1.54) is 59.8 Å². The number of anilines is 2. The van der Waals surface area contributed by atoms with Crippen molar-refractivity contribution in [2.45, 2.75) is 66.2 Å². The van der Waals surface area contributed by atoms with Gasteiger partial charge >= 0.3 is 0 Å². The number of nitrogens with zero attached hydrogens (tertiary/aromatic N) is 6. The summed E-state index contributed by atoms with van der Waals surface area (Å²) in [6.45, 7) is 24.9. The van der Waals surface area contributed by atoms with Gasteiger partial charge in [0.1, 0.15) is 0 Å². The first-order valence-electron chi connectivity index (χ1n) is 17.5. The fourth-order valence-electron chi connectivity index (χ4n) is 6.37. The van der Waals surface area contributed by atoms with E-state index in [1.54, 1.807) is 0 Å². The van der Waals surface area contributed by atoms with E-state index in [4.69, 9.17) is 0 Å². The van der Waals surface area contributed by atoms with Crippen LogP contribution in [-0.4, -0.2) is 118 Å². The van der Waals surface area contributed by atoms with Gasteiger partial charge in [0, 0.05) is 94.9 Å². The van der Waals surface area contributed by atoms with Gasteiger partial charge in [0.2, 0.25) is 0 Å². The number of hydrogen-bond acceptors (Lipinski definition) is 6. The van der Waals surface area contributed by atoms with Gasteiger partial charge in [-0.2, -0.15) is 0 Å². The molecule has 0 amide bonds. The Labute approximate surface area is 281 Å². The van der Waals surface area contributed by atoms with E-state index < -0.39 is 0 Å². The molecule has 0 bridgehead atoms. The lowest BCUT2D eigenvalue weighted by Crippen LogP contribution is -2.55. The SMILES string of the molecule is Cc1ccc(CN2CCN(C)CC2)cc1.Cc1ccc(N2CC(C)N(C)C(C)C2)cc1.Cc1ccc(N2CCN(C)C(C)C2)cc1. The van der Waals surface area contributed by atoms with Crippen LogP contribution in [0.3, 0.4) is 0 Å². The summed E-state index contributed by atoms with van der Waals surface area (Å²) < 4.78 is 0. The first-order chi connectivity index (χ1) is 22.0. The predicted molar refractivity (Wildman–Crippen MR) is 200 cm³/mol. The number of aryl methyl sites for hydroxylation is 3. The first kappa shape index (κ1) is 35.9. The Hall–Kier alpha value is -2.90. The molecule has 0 aromatic heterocycles. The minimum Gasteiger partial charge on any atom is -0.369 e. The highest BCUT2D eigenvalue weighted by atomic mass is 15.3. The van der Waals surface area contributed by atoms with Crippen LogP contribution in [0.1, 0.15) is 43.0 Å². The summed E-state index contributed by atoms with van der Waals surface area (Å²) in [5.74, 6) is 0. The molecule has 0 saturated carbocycles.